The van der Waals surface area contributed by atoms with Gasteiger partial charge in [-0.05, 0) is 37.6 Å². The van der Waals surface area contributed by atoms with Gasteiger partial charge in [-0.25, -0.2) is 9.67 Å². The first-order valence-electron chi connectivity index (χ1n) is 10.1. The molecule has 2 aromatic heterocycles. The van der Waals surface area contributed by atoms with Crippen LogP contribution in [0, 0.1) is 0 Å². The maximum atomic E-state index is 12.7. The number of rotatable bonds is 5. The fraction of sp³-hybridized carbons (Fsp3) is 0.261. The molecule has 5 rings (SSSR count). The van der Waals surface area contributed by atoms with Crippen molar-refractivity contribution in [1.82, 2.24) is 24.6 Å². The first-order valence-corrected chi connectivity index (χ1v) is 10.1. The maximum Gasteiger partial charge on any atom is 0.262 e. The van der Waals surface area contributed by atoms with Crippen LogP contribution in [-0.2, 0) is 6.54 Å². The van der Waals surface area contributed by atoms with Gasteiger partial charge in [-0.15, -0.1) is 0 Å². The van der Waals surface area contributed by atoms with Gasteiger partial charge in [0.15, 0.2) is 5.65 Å². The molecule has 152 valence electrons. The van der Waals surface area contributed by atoms with E-state index in [4.69, 9.17) is 9.72 Å². The molecule has 0 amide bonds. The molecule has 7 nitrogen and oxygen atoms in total. The molecule has 1 fully saturated rings. The second-order valence-corrected chi connectivity index (χ2v) is 7.51. The molecular formula is C23H23N5O2. The van der Waals surface area contributed by atoms with E-state index < -0.39 is 0 Å². The lowest BCUT2D eigenvalue weighted by Gasteiger charge is -2.25. The zero-order valence-electron chi connectivity index (χ0n) is 16.8. The zero-order chi connectivity index (χ0) is 20.5. The molecule has 4 aromatic rings. The Bertz CT molecular complexity index is 1230. The van der Waals surface area contributed by atoms with Crippen molar-refractivity contribution in [3.05, 3.63) is 82.5 Å². The van der Waals surface area contributed by atoms with Crippen LogP contribution in [0.5, 0.6) is 5.75 Å². The van der Waals surface area contributed by atoms with E-state index in [0.29, 0.717) is 23.4 Å². The zero-order valence-corrected chi connectivity index (χ0v) is 16.8. The van der Waals surface area contributed by atoms with Crippen molar-refractivity contribution in [2.75, 3.05) is 13.7 Å². The van der Waals surface area contributed by atoms with Gasteiger partial charge in [0.2, 0.25) is 0 Å². The van der Waals surface area contributed by atoms with Gasteiger partial charge in [0.1, 0.15) is 17.0 Å². The SMILES string of the molecule is COc1ccccc1C1CCCN1Cc1nc2c(cnn2-c2ccccc2)c(=O)[nH]1. The predicted octanol–water partition coefficient (Wildman–Crippen LogP) is 3.45. The highest BCUT2D eigenvalue weighted by Gasteiger charge is 2.29. The van der Waals surface area contributed by atoms with Crippen LogP contribution in [0.4, 0.5) is 0 Å². The number of benzene rings is 2. The summed E-state index contributed by atoms with van der Waals surface area (Å²) in [5.41, 5.74) is 2.47. The van der Waals surface area contributed by atoms with Crippen LogP contribution in [0.25, 0.3) is 16.7 Å². The summed E-state index contributed by atoms with van der Waals surface area (Å²) < 4.78 is 7.29. The Morgan fingerprint density at radius 1 is 1.13 bits per heavy atom. The Morgan fingerprint density at radius 2 is 1.93 bits per heavy atom. The minimum absolute atomic E-state index is 0.162. The molecule has 0 spiro atoms. The van der Waals surface area contributed by atoms with Crippen LogP contribution in [0.1, 0.15) is 30.3 Å². The number of fused-ring (bicyclic) bond motifs is 1. The Kier molecular flexibility index (Phi) is 4.80. The number of ether oxygens (including phenoxy) is 1. The summed E-state index contributed by atoms with van der Waals surface area (Å²) in [6, 6.07) is 18.1. The topological polar surface area (TPSA) is 76.0 Å². The molecule has 0 radical (unpaired) electrons. The van der Waals surface area contributed by atoms with Gasteiger partial charge < -0.3 is 9.72 Å². The van der Waals surface area contributed by atoms with Crippen LogP contribution >= 0.6 is 0 Å². The third-order valence-electron chi connectivity index (χ3n) is 5.70. The quantitative estimate of drug-likeness (QED) is 0.554. The number of hydrogen-bond acceptors (Lipinski definition) is 5. The van der Waals surface area contributed by atoms with E-state index in [9.17, 15) is 4.79 Å². The molecule has 1 aliphatic heterocycles. The van der Waals surface area contributed by atoms with E-state index in [0.717, 1.165) is 30.8 Å². The van der Waals surface area contributed by atoms with Gasteiger partial charge >= 0.3 is 0 Å². The molecule has 1 N–H and O–H groups in total. The summed E-state index contributed by atoms with van der Waals surface area (Å²) in [6.45, 7) is 1.51. The van der Waals surface area contributed by atoms with Crippen LogP contribution in [-0.4, -0.2) is 38.3 Å². The molecule has 0 saturated carbocycles. The number of nitrogens with one attached hydrogen (secondary N) is 1. The summed E-state index contributed by atoms with van der Waals surface area (Å²) >= 11 is 0. The number of H-pyrrole nitrogens is 1. The number of aromatic amines is 1. The number of para-hydroxylation sites is 2. The first kappa shape index (κ1) is 18.6. The average molecular weight is 401 g/mol. The van der Waals surface area contributed by atoms with Gasteiger partial charge in [-0.1, -0.05) is 36.4 Å². The smallest absolute Gasteiger partial charge is 0.262 e. The van der Waals surface area contributed by atoms with Crippen molar-refractivity contribution in [1.29, 1.82) is 0 Å². The fourth-order valence-electron chi connectivity index (χ4n) is 4.30. The van der Waals surface area contributed by atoms with Crippen LogP contribution in [0.2, 0.25) is 0 Å². The Balaban J connectivity index is 1.50. The van der Waals surface area contributed by atoms with Gasteiger partial charge in [0.25, 0.3) is 5.56 Å². The minimum atomic E-state index is -0.162. The van der Waals surface area contributed by atoms with Crippen LogP contribution in [0.3, 0.4) is 0 Å². The summed E-state index contributed by atoms with van der Waals surface area (Å²) in [4.78, 5) is 22.8. The number of likely N-dealkylation sites (tertiary alicyclic amines) is 1. The molecule has 1 atom stereocenters. The van der Waals surface area contributed by atoms with Gasteiger partial charge in [-0.2, -0.15) is 5.10 Å². The van der Waals surface area contributed by atoms with E-state index in [1.54, 1.807) is 18.0 Å². The van der Waals surface area contributed by atoms with Crippen molar-refractivity contribution in [2.24, 2.45) is 0 Å². The molecule has 0 aliphatic carbocycles. The lowest BCUT2D eigenvalue weighted by Crippen LogP contribution is -2.26. The molecule has 2 aromatic carbocycles. The molecular weight excluding hydrogens is 378 g/mol. The van der Waals surface area contributed by atoms with Gasteiger partial charge in [-0.3, -0.25) is 9.69 Å². The second-order valence-electron chi connectivity index (χ2n) is 7.51. The van der Waals surface area contributed by atoms with E-state index in [1.165, 1.54) is 5.56 Å². The van der Waals surface area contributed by atoms with Crippen molar-refractivity contribution in [2.45, 2.75) is 25.4 Å². The third-order valence-corrected chi connectivity index (χ3v) is 5.70. The van der Waals surface area contributed by atoms with Crippen molar-refractivity contribution in [3.63, 3.8) is 0 Å². The summed E-state index contributed by atoms with van der Waals surface area (Å²) in [5.74, 6) is 1.54. The van der Waals surface area contributed by atoms with Crippen molar-refractivity contribution >= 4 is 11.0 Å². The van der Waals surface area contributed by atoms with Crippen LogP contribution < -0.4 is 10.3 Å². The second kappa shape index (κ2) is 7.76. The average Bonchev–Trinajstić information content (AvgIpc) is 3.42. The highest BCUT2D eigenvalue weighted by Crippen LogP contribution is 2.37. The van der Waals surface area contributed by atoms with E-state index in [2.05, 4.69) is 21.0 Å². The molecule has 1 aliphatic rings. The number of hydrogen-bond donors (Lipinski definition) is 1. The monoisotopic (exact) mass is 401 g/mol. The first-order chi connectivity index (χ1) is 14.7. The lowest BCUT2D eigenvalue weighted by molar-refractivity contribution is 0.237. The van der Waals surface area contributed by atoms with Gasteiger partial charge in [0, 0.05) is 11.6 Å². The minimum Gasteiger partial charge on any atom is -0.496 e. The van der Waals surface area contributed by atoms with E-state index >= 15 is 0 Å². The van der Waals surface area contributed by atoms with E-state index in [1.807, 2.05) is 48.5 Å². The highest BCUT2D eigenvalue weighted by molar-refractivity contribution is 5.75. The Morgan fingerprint density at radius 3 is 2.77 bits per heavy atom. The summed E-state index contributed by atoms with van der Waals surface area (Å²) in [6.07, 6.45) is 3.72. The molecule has 1 saturated heterocycles. The number of nitrogens with zero attached hydrogens (tertiary/aromatic N) is 4. The summed E-state index contributed by atoms with van der Waals surface area (Å²) in [5, 5.41) is 4.88. The standard InChI is InChI=1S/C23H23N5O2/c1-30-20-12-6-5-10-17(20)19-11-7-13-27(19)15-21-25-22-18(23(29)26-21)14-24-28(22)16-8-3-2-4-9-16/h2-6,8-10,12,14,19H,7,11,13,15H2,1H3,(H,25,26,29). The predicted molar refractivity (Wildman–Crippen MR) is 115 cm³/mol. The van der Waals surface area contributed by atoms with Crippen LogP contribution in [0.15, 0.2) is 65.6 Å². The highest BCUT2D eigenvalue weighted by atomic mass is 16.5. The number of aromatic nitrogens is 4. The van der Waals surface area contributed by atoms with Crippen molar-refractivity contribution in [3.8, 4) is 11.4 Å². The maximum absolute atomic E-state index is 12.7. The van der Waals surface area contributed by atoms with Crippen molar-refractivity contribution < 1.29 is 4.74 Å². The Labute approximate surface area is 173 Å². The normalized spacial score (nSPS) is 16.9. The summed E-state index contributed by atoms with van der Waals surface area (Å²) in [7, 11) is 1.70. The third kappa shape index (κ3) is 3.27. The lowest BCUT2D eigenvalue weighted by atomic mass is 10.0. The van der Waals surface area contributed by atoms with Gasteiger partial charge in [0.05, 0.1) is 25.5 Å². The molecule has 7 heteroatoms. The Hall–Kier alpha value is -3.45. The molecule has 30 heavy (non-hydrogen) atoms. The van der Waals surface area contributed by atoms with E-state index in [-0.39, 0.29) is 11.6 Å². The molecule has 0 bridgehead atoms. The fourth-order valence-corrected chi connectivity index (χ4v) is 4.30. The largest absolute Gasteiger partial charge is 0.496 e. The molecule has 1 unspecified atom stereocenters. The number of methoxy groups -OCH3 is 1. The molecule has 3 heterocycles.